The lowest BCUT2D eigenvalue weighted by Gasteiger charge is -2.16. The second kappa shape index (κ2) is 7.13. The maximum atomic E-state index is 9.16. The first kappa shape index (κ1) is 16.1. The first-order chi connectivity index (χ1) is 10.5. The Morgan fingerprint density at radius 1 is 1.05 bits per heavy atom. The van der Waals surface area contributed by atoms with E-state index in [4.69, 9.17) is 10.00 Å². The van der Waals surface area contributed by atoms with Crippen LogP contribution in [-0.2, 0) is 6.42 Å². The van der Waals surface area contributed by atoms with Gasteiger partial charge < -0.3 is 4.74 Å². The summed E-state index contributed by atoms with van der Waals surface area (Å²) in [6.07, 6.45) is 1.03. The third-order valence-corrected chi connectivity index (χ3v) is 3.60. The molecular formula is C20H23NO. The van der Waals surface area contributed by atoms with Crippen LogP contribution >= 0.6 is 0 Å². The van der Waals surface area contributed by atoms with Crippen LogP contribution in [0.25, 0.3) is 0 Å². The highest BCUT2D eigenvalue weighted by Crippen LogP contribution is 2.30. The van der Waals surface area contributed by atoms with Crippen molar-refractivity contribution in [1.82, 2.24) is 0 Å². The van der Waals surface area contributed by atoms with Crippen LogP contribution in [0, 0.1) is 17.2 Å². The number of para-hydroxylation sites is 1. The van der Waals surface area contributed by atoms with E-state index in [1.54, 1.807) is 6.07 Å². The fraction of sp³-hybridized carbons (Fsp3) is 0.350. The van der Waals surface area contributed by atoms with Crippen molar-refractivity contribution < 1.29 is 4.74 Å². The number of nitriles is 1. The molecule has 2 aromatic rings. The Balaban J connectivity index is 2.34. The number of rotatable bonds is 5. The SMILES string of the molecule is CC(C)Cc1cc(Oc2ccccc2C#N)ccc1C(C)C. The Bertz CT molecular complexity index is 680. The molecule has 0 aliphatic rings. The molecule has 2 nitrogen and oxygen atoms in total. The Hall–Kier alpha value is -2.27. The normalized spacial score (nSPS) is 10.8. The molecule has 0 aromatic heterocycles. The summed E-state index contributed by atoms with van der Waals surface area (Å²) >= 11 is 0. The van der Waals surface area contributed by atoms with E-state index in [2.05, 4.69) is 45.9 Å². The molecule has 2 aromatic carbocycles. The second-order valence-electron chi connectivity index (χ2n) is 6.32. The molecule has 0 amide bonds. The summed E-state index contributed by atoms with van der Waals surface area (Å²) in [7, 11) is 0. The van der Waals surface area contributed by atoms with Gasteiger partial charge in [-0.1, -0.05) is 45.9 Å². The third kappa shape index (κ3) is 3.89. The standard InChI is InChI=1S/C20H23NO/c1-14(2)11-17-12-18(9-10-19(17)15(3)4)22-20-8-6-5-7-16(20)13-21/h5-10,12,14-15H,11H2,1-4H3. The maximum Gasteiger partial charge on any atom is 0.145 e. The van der Waals surface area contributed by atoms with Crippen LogP contribution in [-0.4, -0.2) is 0 Å². The summed E-state index contributed by atoms with van der Waals surface area (Å²) in [5, 5.41) is 9.16. The van der Waals surface area contributed by atoms with Crippen molar-refractivity contribution in [2.24, 2.45) is 5.92 Å². The van der Waals surface area contributed by atoms with Gasteiger partial charge in [-0.25, -0.2) is 0 Å². The van der Waals surface area contributed by atoms with E-state index in [-0.39, 0.29) is 0 Å². The monoisotopic (exact) mass is 293 g/mol. The minimum Gasteiger partial charge on any atom is -0.456 e. The van der Waals surface area contributed by atoms with Crippen LogP contribution in [0.1, 0.15) is 50.3 Å². The summed E-state index contributed by atoms with van der Waals surface area (Å²) in [6, 6.07) is 15.7. The van der Waals surface area contributed by atoms with Gasteiger partial charge in [0.1, 0.15) is 17.6 Å². The van der Waals surface area contributed by atoms with Crippen molar-refractivity contribution in [3.05, 3.63) is 59.2 Å². The topological polar surface area (TPSA) is 33.0 Å². The van der Waals surface area contributed by atoms with Crippen molar-refractivity contribution in [3.8, 4) is 17.6 Å². The first-order valence-electron chi connectivity index (χ1n) is 7.81. The number of nitrogens with zero attached hydrogens (tertiary/aromatic N) is 1. The molecule has 0 bridgehead atoms. The van der Waals surface area contributed by atoms with Gasteiger partial charge in [0.2, 0.25) is 0 Å². The molecule has 0 N–H and O–H groups in total. The van der Waals surface area contributed by atoms with Crippen LogP contribution < -0.4 is 4.74 Å². The molecule has 0 spiro atoms. The zero-order valence-corrected chi connectivity index (χ0v) is 13.8. The lowest BCUT2D eigenvalue weighted by atomic mass is 9.91. The fourth-order valence-corrected chi connectivity index (χ4v) is 2.60. The quantitative estimate of drug-likeness (QED) is 0.711. The molecule has 22 heavy (non-hydrogen) atoms. The van der Waals surface area contributed by atoms with E-state index in [1.165, 1.54) is 11.1 Å². The highest BCUT2D eigenvalue weighted by atomic mass is 16.5. The summed E-state index contributed by atoms with van der Waals surface area (Å²) in [6.45, 7) is 8.88. The minimum absolute atomic E-state index is 0.495. The molecule has 0 radical (unpaired) electrons. The first-order valence-corrected chi connectivity index (χ1v) is 7.81. The largest absolute Gasteiger partial charge is 0.456 e. The Morgan fingerprint density at radius 2 is 1.77 bits per heavy atom. The van der Waals surface area contributed by atoms with Crippen molar-refractivity contribution in [1.29, 1.82) is 5.26 Å². The smallest absolute Gasteiger partial charge is 0.145 e. The lowest BCUT2D eigenvalue weighted by molar-refractivity contribution is 0.479. The molecule has 114 valence electrons. The molecule has 2 rings (SSSR count). The average Bonchev–Trinajstić information content (AvgIpc) is 2.47. The van der Waals surface area contributed by atoms with E-state index < -0.39 is 0 Å². The molecule has 0 atom stereocenters. The van der Waals surface area contributed by atoms with Crippen LogP contribution in [0.5, 0.6) is 11.5 Å². The van der Waals surface area contributed by atoms with Crippen molar-refractivity contribution in [3.63, 3.8) is 0 Å². The van der Waals surface area contributed by atoms with Crippen molar-refractivity contribution in [2.45, 2.75) is 40.0 Å². The Kier molecular flexibility index (Phi) is 5.22. The predicted molar refractivity (Wildman–Crippen MR) is 90.3 cm³/mol. The summed E-state index contributed by atoms with van der Waals surface area (Å²) in [4.78, 5) is 0. The van der Waals surface area contributed by atoms with Crippen molar-refractivity contribution in [2.75, 3.05) is 0 Å². The lowest BCUT2D eigenvalue weighted by Crippen LogP contribution is -2.02. The molecule has 0 saturated carbocycles. The summed E-state index contributed by atoms with van der Waals surface area (Å²) in [5.74, 6) is 2.49. The zero-order valence-electron chi connectivity index (χ0n) is 13.8. The van der Waals surface area contributed by atoms with Crippen LogP contribution in [0.4, 0.5) is 0 Å². The summed E-state index contributed by atoms with van der Waals surface area (Å²) < 4.78 is 5.93. The second-order valence-corrected chi connectivity index (χ2v) is 6.32. The van der Waals surface area contributed by atoms with Crippen LogP contribution in [0.15, 0.2) is 42.5 Å². The predicted octanol–water partition coefficient (Wildman–Crippen LogP) is 5.67. The van der Waals surface area contributed by atoms with Gasteiger partial charge in [-0.15, -0.1) is 0 Å². The number of hydrogen-bond donors (Lipinski definition) is 0. The van der Waals surface area contributed by atoms with Gasteiger partial charge >= 0.3 is 0 Å². The maximum absolute atomic E-state index is 9.16. The van der Waals surface area contributed by atoms with Crippen LogP contribution in [0.2, 0.25) is 0 Å². The van der Waals surface area contributed by atoms with E-state index in [9.17, 15) is 0 Å². The molecule has 0 saturated heterocycles. The molecular weight excluding hydrogens is 270 g/mol. The molecule has 0 heterocycles. The molecule has 0 unspecified atom stereocenters. The average molecular weight is 293 g/mol. The van der Waals surface area contributed by atoms with Gasteiger partial charge in [0.15, 0.2) is 0 Å². The zero-order chi connectivity index (χ0) is 16.1. The highest BCUT2D eigenvalue weighted by molar-refractivity contribution is 5.46. The van der Waals surface area contributed by atoms with Gasteiger partial charge in [0, 0.05) is 0 Å². The molecule has 0 fully saturated rings. The third-order valence-electron chi connectivity index (χ3n) is 3.60. The summed E-state index contributed by atoms with van der Waals surface area (Å²) in [5.41, 5.74) is 3.26. The van der Waals surface area contributed by atoms with Gasteiger partial charge in [-0.05, 0) is 53.6 Å². The van der Waals surface area contributed by atoms with Gasteiger partial charge in [0.25, 0.3) is 0 Å². The van der Waals surface area contributed by atoms with Crippen molar-refractivity contribution >= 4 is 0 Å². The molecule has 0 aliphatic carbocycles. The van der Waals surface area contributed by atoms with E-state index >= 15 is 0 Å². The number of hydrogen-bond acceptors (Lipinski definition) is 2. The minimum atomic E-state index is 0.495. The number of ether oxygens (including phenoxy) is 1. The molecule has 0 aliphatic heterocycles. The van der Waals surface area contributed by atoms with E-state index in [0.29, 0.717) is 23.1 Å². The van der Waals surface area contributed by atoms with E-state index in [1.807, 2.05) is 24.3 Å². The fourth-order valence-electron chi connectivity index (χ4n) is 2.60. The van der Waals surface area contributed by atoms with Gasteiger partial charge in [-0.2, -0.15) is 5.26 Å². The van der Waals surface area contributed by atoms with E-state index in [0.717, 1.165) is 12.2 Å². The van der Waals surface area contributed by atoms with Gasteiger partial charge in [-0.3, -0.25) is 0 Å². The Morgan fingerprint density at radius 3 is 2.41 bits per heavy atom. The van der Waals surface area contributed by atoms with Crippen LogP contribution in [0.3, 0.4) is 0 Å². The van der Waals surface area contributed by atoms with Gasteiger partial charge in [0.05, 0.1) is 5.56 Å². The molecule has 2 heteroatoms. The highest BCUT2D eigenvalue weighted by Gasteiger charge is 2.11. The Labute approximate surface area is 133 Å². The number of benzene rings is 2.